The number of rotatable bonds is 8. The van der Waals surface area contributed by atoms with Crippen LogP contribution >= 0.6 is 0 Å². The molecular weight excluding hydrogens is 358 g/mol. The number of hydrogen-bond donors (Lipinski definition) is 1. The van der Waals surface area contributed by atoms with Crippen LogP contribution in [0.25, 0.3) is 5.57 Å². The molecule has 0 saturated carbocycles. The second-order valence-corrected chi connectivity index (χ2v) is 7.57. The standard InChI is InChI=1S/C26H31NO2/c1-4-25(20-9-6-5-7-10-20)26(22-11-8-12-23(28)19-22)21-13-15-24(16-14-21)29-18-17-27(2)3/h6,8-16,19,28H,4-5,7,17-18H2,1-3H3/b26-25+. The van der Waals surface area contributed by atoms with E-state index in [0.717, 1.165) is 42.7 Å². The summed E-state index contributed by atoms with van der Waals surface area (Å²) in [5, 5.41) is 10.1. The molecule has 0 fully saturated rings. The largest absolute Gasteiger partial charge is 0.508 e. The van der Waals surface area contributed by atoms with E-state index in [0.29, 0.717) is 6.61 Å². The third-order valence-corrected chi connectivity index (χ3v) is 5.08. The lowest BCUT2D eigenvalue weighted by Crippen LogP contribution is -2.19. The zero-order valence-electron chi connectivity index (χ0n) is 17.7. The van der Waals surface area contributed by atoms with Crippen molar-refractivity contribution in [2.75, 3.05) is 27.2 Å². The second-order valence-electron chi connectivity index (χ2n) is 7.57. The highest BCUT2D eigenvalue weighted by atomic mass is 16.5. The van der Waals surface area contributed by atoms with E-state index in [1.807, 2.05) is 38.4 Å². The number of hydrogen-bond acceptors (Lipinski definition) is 3. The van der Waals surface area contributed by atoms with Crippen molar-refractivity contribution in [1.29, 1.82) is 0 Å². The van der Waals surface area contributed by atoms with Gasteiger partial charge in [-0.15, -0.1) is 0 Å². The zero-order valence-corrected chi connectivity index (χ0v) is 17.7. The molecule has 0 amide bonds. The molecular formula is C26H31NO2. The number of likely N-dealkylation sites (N-methyl/N-ethyl adjacent to an activating group) is 1. The molecule has 0 unspecified atom stereocenters. The number of aromatic hydroxyl groups is 1. The van der Waals surface area contributed by atoms with Crippen LogP contribution in [-0.4, -0.2) is 37.3 Å². The Labute approximate surface area is 174 Å². The van der Waals surface area contributed by atoms with Crippen LogP contribution in [0.2, 0.25) is 0 Å². The fourth-order valence-corrected chi connectivity index (χ4v) is 3.60. The number of ether oxygens (including phenoxy) is 1. The molecule has 1 N–H and O–H groups in total. The molecule has 0 atom stereocenters. The van der Waals surface area contributed by atoms with Crippen molar-refractivity contribution in [2.24, 2.45) is 0 Å². The molecule has 0 heterocycles. The summed E-state index contributed by atoms with van der Waals surface area (Å²) < 4.78 is 5.86. The fraction of sp³-hybridized carbons (Fsp3) is 0.308. The summed E-state index contributed by atoms with van der Waals surface area (Å²) in [7, 11) is 4.08. The third kappa shape index (κ3) is 5.61. The van der Waals surface area contributed by atoms with Crippen molar-refractivity contribution < 1.29 is 9.84 Å². The molecule has 3 nitrogen and oxygen atoms in total. The topological polar surface area (TPSA) is 32.7 Å². The normalized spacial score (nSPS) is 14.6. The zero-order chi connectivity index (χ0) is 20.6. The summed E-state index contributed by atoms with van der Waals surface area (Å²) in [5.41, 5.74) is 5.91. The van der Waals surface area contributed by atoms with Crippen LogP contribution < -0.4 is 4.74 Å². The highest BCUT2D eigenvalue weighted by Crippen LogP contribution is 2.35. The van der Waals surface area contributed by atoms with Gasteiger partial charge in [-0.2, -0.15) is 0 Å². The lowest BCUT2D eigenvalue weighted by atomic mass is 9.86. The molecule has 0 aromatic heterocycles. The Morgan fingerprint density at radius 1 is 1.03 bits per heavy atom. The maximum atomic E-state index is 10.1. The third-order valence-electron chi connectivity index (χ3n) is 5.08. The Morgan fingerprint density at radius 2 is 1.83 bits per heavy atom. The summed E-state index contributed by atoms with van der Waals surface area (Å²) in [6.45, 7) is 3.75. The Kier molecular flexibility index (Phi) is 7.31. The van der Waals surface area contributed by atoms with Gasteiger partial charge in [0.25, 0.3) is 0 Å². The van der Waals surface area contributed by atoms with Gasteiger partial charge in [-0.1, -0.05) is 49.4 Å². The average molecular weight is 390 g/mol. The first-order chi connectivity index (χ1) is 14.1. The van der Waals surface area contributed by atoms with Crippen molar-refractivity contribution in [1.82, 2.24) is 4.90 Å². The van der Waals surface area contributed by atoms with Crippen LogP contribution in [0, 0.1) is 0 Å². The van der Waals surface area contributed by atoms with Crippen molar-refractivity contribution in [2.45, 2.75) is 26.2 Å². The van der Waals surface area contributed by atoms with Crippen LogP contribution in [0.1, 0.15) is 37.3 Å². The van der Waals surface area contributed by atoms with Crippen LogP contribution in [0.3, 0.4) is 0 Å². The van der Waals surface area contributed by atoms with E-state index in [2.05, 4.69) is 48.3 Å². The minimum absolute atomic E-state index is 0.284. The van der Waals surface area contributed by atoms with E-state index in [4.69, 9.17) is 4.74 Å². The van der Waals surface area contributed by atoms with Crippen LogP contribution in [0.15, 0.2) is 77.9 Å². The van der Waals surface area contributed by atoms with Gasteiger partial charge >= 0.3 is 0 Å². The van der Waals surface area contributed by atoms with Gasteiger partial charge in [-0.25, -0.2) is 0 Å². The molecule has 0 spiro atoms. The van der Waals surface area contributed by atoms with Crippen molar-refractivity contribution in [3.05, 3.63) is 89.0 Å². The van der Waals surface area contributed by atoms with Gasteiger partial charge in [0, 0.05) is 6.54 Å². The Bertz CT molecular complexity index is 905. The average Bonchev–Trinajstić information content (AvgIpc) is 2.73. The molecule has 29 heavy (non-hydrogen) atoms. The molecule has 3 heteroatoms. The lowest BCUT2D eigenvalue weighted by molar-refractivity contribution is 0.261. The second kappa shape index (κ2) is 10.1. The van der Waals surface area contributed by atoms with E-state index in [1.165, 1.54) is 16.7 Å². The first kappa shape index (κ1) is 20.9. The SMILES string of the molecule is CC/C(C1=CCCC=C1)=C(/c1ccc(OCCN(C)C)cc1)c1cccc(O)c1. The van der Waals surface area contributed by atoms with Crippen LogP contribution in [-0.2, 0) is 0 Å². The Hall–Kier alpha value is -2.78. The van der Waals surface area contributed by atoms with Gasteiger partial charge in [0.05, 0.1) is 0 Å². The predicted octanol–water partition coefficient (Wildman–Crippen LogP) is 5.82. The number of nitrogens with zero attached hydrogens (tertiary/aromatic N) is 1. The molecule has 1 aliphatic rings. The van der Waals surface area contributed by atoms with Crippen LogP contribution in [0.5, 0.6) is 11.5 Å². The maximum absolute atomic E-state index is 10.1. The molecule has 0 aliphatic heterocycles. The first-order valence-corrected chi connectivity index (χ1v) is 10.4. The van der Waals surface area contributed by atoms with E-state index in [9.17, 15) is 5.11 Å². The summed E-state index contributed by atoms with van der Waals surface area (Å²) in [5.74, 6) is 1.16. The molecule has 0 bridgehead atoms. The highest BCUT2D eigenvalue weighted by Gasteiger charge is 2.15. The molecule has 0 radical (unpaired) electrons. The molecule has 1 aliphatic carbocycles. The summed E-state index contributed by atoms with van der Waals surface area (Å²) in [6, 6.07) is 15.8. The van der Waals surface area contributed by atoms with Crippen molar-refractivity contribution in [3.8, 4) is 11.5 Å². The lowest BCUT2D eigenvalue weighted by Gasteiger charge is -2.19. The van der Waals surface area contributed by atoms with Gasteiger partial charge in [0.2, 0.25) is 0 Å². The number of phenols is 1. The van der Waals surface area contributed by atoms with E-state index in [-0.39, 0.29) is 5.75 Å². The highest BCUT2D eigenvalue weighted by molar-refractivity contribution is 5.85. The maximum Gasteiger partial charge on any atom is 0.119 e. The molecule has 0 saturated heterocycles. The number of phenolic OH excluding ortho intramolecular Hbond substituents is 1. The van der Waals surface area contributed by atoms with Gasteiger partial charge in [0.15, 0.2) is 0 Å². The van der Waals surface area contributed by atoms with Crippen molar-refractivity contribution >= 4 is 5.57 Å². The molecule has 3 rings (SSSR count). The molecule has 152 valence electrons. The smallest absolute Gasteiger partial charge is 0.119 e. The minimum Gasteiger partial charge on any atom is -0.508 e. The first-order valence-electron chi connectivity index (χ1n) is 10.4. The molecule has 2 aromatic carbocycles. The summed E-state index contributed by atoms with van der Waals surface area (Å²) in [6.07, 6.45) is 9.88. The number of allylic oxidation sites excluding steroid dienone is 5. The molecule has 2 aromatic rings. The van der Waals surface area contributed by atoms with E-state index < -0.39 is 0 Å². The number of benzene rings is 2. The minimum atomic E-state index is 0.284. The predicted molar refractivity (Wildman–Crippen MR) is 121 cm³/mol. The van der Waals surface area contributed by atoms with Gasteiger partial charge < -0.3 is 14.7 Å². The summed E-state index contributed by atoms with van der Waals surface area (Å²) >= 11 is 0. The quantitative estimate of drug-likeness (QED) is 0.617. The van der Waals surface area contributed by atoms with E-state index >= 15 is 0 Å². The Morgan fingerprint density at radius 3 is 2.45 bits per heavy atom. The van der Waals surface area contributed by atoms with Crippen molar-refractivity contribution in [3.63, 3.8) is 0 Å². The summed E-state index contributed by atoms with van der Waals surface area (Å²) in [4.78, 5) is 2.11. The van der Waals surface area contributed by atoms with Gasteiger partial charge in [-0.3, -0.25) is 0 Å². The van der Waals surface area contributed by atoms with Gasteiger partial charge in [0.1, 0.15) is 18.1 Å². The van der Waals surface area contributed by atoms with Gasteiger partial charge in [-0.05, 0) is 85.5 Å². The fourth-order valence-electron chi connectivity index (χ4n) is 3.60. The monoisotopic (exact) mass is 389 g/mol. The Balaban J connectivity index is 2.00. The van der Waals surface area contributed by atoms with E-state index in [1.54, 1.807) is 6.07 Å². The van der Waals surface area contributed by atoms with Crippen LogP contribution in [0.4, 0.5) is 0 Å².